The lowest BCUT2D eigenvalue weighted by Gasteiger charge is -2.58. The van der Waals surface area contributed by atoms with E-state index >= 15 is 0 Å². The van der Waals surface area contributed by atoms with Gasteiger partial charge in [0.2, 0.25) is 0 Å². The minimum absolute atomic E-state index is 0.00212. The summed E-state index contributed by atoms with van der Waals surface area (Å²) in [6.07, 6.45) is 2.48. The Morgan fingerprint density at radius 1 is 1.06 bits per heavy atom. The Balaban J connectivity index is 1.14. The van der Waals surface area contributed by atoms with Gasteiger partial charge in [0.15, 0.2) is 12.4 Å². The van der Waals surface area contributed by atoms with Crippen molar-refractivity contribution >= 4 is 18.2 Å². The largest absolute Gasteiger partial charge is 0.481 e. The van der Waals surface area contributed by atoms with Crippen LogP contribution < -0.4 is 0 Å². The van der Waals surface area contributed by atoms with E-state index in [1.807, 2.05) is 20.8 Å². The van der Waals surface area contributed by atoms with E-state index in [1.165, 1.54) is 7.11 Å². The molecule has 6 fully saturated rings. The van der Waals surface area contributed by atoms with Crippen LogP contribution in [-0.4, -0.2) is 97.3 Å². The summed E-state index contributed by atoms with van der Waals surface area (Å²) in [5.74, 6) is -1.26. The van der Waals surface area contributed by atoms with Gasteiger partial charge in [-0.3, -0.25) is 4.79 Å². The molecule has 11 heteroatoms. The Morgan fingerprint density at radius 2 is 1.79 bits per heavy atom. The second-order valence-electron chi connectivity index (χ2n) is 15.8. The molecule has 0 spiro atoms. The molecular formula is C36H50O11. The number of aliphatic hydroxyl groups excluding tert-OH is 1. The van der Waals surface area contributed by atoms with Crippen molar-refractivity contribution in [2.45, 2.75) is 122 Å². The molecule has 7 aliphatic rings. The topological polar surface area (TPSA) is 154 Å². The molecule has 16 atom stereocenters. The van der Waals surface area contributed by atoms with Gasteiger partial charge in [0.1, 0.15) is 42.2 Å². The van der Waals surface area contributed by atoms with Gasteiger partial charge in [0.25, 0.3) is 0 Å². The third kappa shape index (κ3) is 4.55. The predicted octanol–water partition coefficient (Wildman–Crippen LogP) is 3.46. The molecule has 0 aromatic heterocycles. The van der Waals surface area contributed by atoms with E-state index in [9.17, 15) is 24.6 Å². The number of carbonyl (C=O) groups excluding carboxylic acids is 2. The Kier molecular flexibility index (Phi) is 8.13. The summed E-state index contributed by atoms with van der Waals surface area (Å²) in [6, 6.07) is 0. The van der Waals surface area contributed by atoms with Crippen molar-refractivity contribution in [3.63, 3.8) is 0 Å². The van der Waals surface area contributed by atoms with Crippen LogP contribution in [0.25, 0.3) is 0 Å². The number of ether oxygens (including phenoxy) is 6. The number of aliphatic carboxylic acids is 1. The molecule has 0 unspecified atom stereocenters. The van der Waals surface area contributed by atoms with Gasteiger partial charge in [-0.2, -0.15) is 0 Å². The van der Waals surface area contributed by atoms with Crippen LogP contribution in [0.2, 0.25) is 0 Å². The molecule has 4 bridgehead atoms. The first kappa shape index (κ1) is 33.4. The van der Waals surface area contributed by atoms with Crippen molar-refractivity contribution in [3.05, 3.63) is 23.3 Å². The van der Waals surface area contributed by atoms with E-state index in [1.54, 1.807) is 19.9 Å². The first-order valence-corrected chi connectivity index (χ1v) is 17.4. The standard InChI is InChI=1S/C36H50O11/c1-16(2)24-11-21-12-34(14-37)23-9-8-17(3)22(23)13-35(21,36(24,34)33(40)41)15-43-32-26(38)30(27(42-7)19(5)45-32)47-31(39)18(4)10-25-29(46-25)28-20(6)44-28/h10-11,14,16-17,19-23,25-30,32,38H,8-9,12-13,15H2,1-7H3,(H,40,41)/b18-10-/t17-,19-,20+,21+,22-,23-,25+,26+,27-,28+,29-,30+,32-,34+,35+,36+/m1/s1. The highest BCUT2D eigenvalue weighted by Crippen LogP contribution is 2.82. The van der Waals surface area contributed by atoms with Crippen LogP contribution >= 0.6 is 0 Å². The summed E-state index contributed by atoms with van der Waals surface area (Å²) >= 11 is 0. The SMILES string of the molecule is CO[C@H]1[C@@H](OC(=O)/C(C)=C\[C@@H]2O[C@H]2[C@H]2O[C@H]2C)[C@H](O)[C@H](OC[C@@]23C[C@@H]4[C@H](C)CC[C@H]4[C@@]4(C=O)C[C@@H]2C=C(C(C)C)[C@@]34C(=O)O)O[C@@H]1C. The zero-order valence-corrected chi connectivity index (χ0v) is 28.4. The van der Waals surface area contributed by atoms with Crippen molar-refractivity contribution in [1.29, 1.82) is 0 Å². The smallest absolute Gasteiger partial charge is 0.333 e. The maximum absolute atomic E-state index is 13.8. The normalized spacial score (nSPS) is 51.0. The number of rotatable bonds is 11. The molecule has 3 saturated heterocycles. The van der Waals surface area contributed by atoms with Crippen molar-refractivity contribution in [3.8, 4) is 0 Å². The molecular weight excluding hydrogens is 608 g/mol. The molecule has 2 N–H and O–H groups in total. The molecule has 7 rings (SSSR count). The lowest BCUT2D eigenvalue weighted by atomic mass is 9.43. The van der Waals surface area contributed by atoms with Gasteiger partial charge < -0.3 is 43.4 Å². The zero-order chi connectivity index (χ0) is 33.8. The first-order valence-electron chi connectivity index (χ1n) is 17.4. The third-order valence-corrected chi connectivity index (χ3v) is 13.3. The van der Waals surface area contributed by atoms with Crippen molar-refractivity contribution in [2.75, 3.05) is 13.7 Å². The van der Waals surface area contributed by atoms with E-state index in [0.717, 1.165) is 24.7 Å². The number of methoxy groups -OCH3 is 1. The fourth-order valence-corrected chi connectivity index (χ4v) is 11.1. The highest BCUT2D eigenvalue weighted by Gasteiger charge is 2.84. The lowest BCUT2D eigenvalue weighted by molar-refractivity contribution is -0.308. The third-order valence-electron chi connectivity index (χ3n) is 13.3. The van der Waals surface area contributed by atoms with Gasteiger partial charge in [-0.05, 0) is 75.7 Å². The molecule has 4 aliphatic carbocycles. The van der Waals surface area contributed by atoms with Crippen molar-refractivity contribution in [1.82, 2.24) is 0 Å². The second-order valence-corrected chi connectivity index (χ2v) is 15.8. The average molecular weight is 659 g/mol. The predicted molar refractivity (Wildman–Crippen MR) is 166 cm³/mol. The van der Waals surface area contributed by atoms with E-state index in [2.05, 4.69) is 13.0 Å². The molecule has 0 aromatic carbocycles. The number of fused-ring (bicyclic) bond motifs is 2. The molecule has 47 heavy (non-hydrogen) atoms. The Hall–Kier alpha value is -2.15. The minimum atomic E-state index is -1.41. The fourth-order valence-electron chi connectivity index (χ4n) is 11.1. The summed E-state index contributed by atoms with van der Waals surface area (Å²) in [5, 5.41) is 22.9. The molecule has 3 aliphatic heterocycles. The number of esters is 1. The van der Waals surface area contributed by atoms with Gasteiger partial charge >= 0.3 is 11.9 Å². The fraction of sp³-hybridized carbons (Fsp3) is 0.806. The Bertz CT molecular complexity index is 1370. The van der Waals surface area contributed by atoms with Gasteiger partial charge in [-0.15, -0.1) is 0 Å². The minimum Gasteiger partial charge on any atom is -0.481 e. The number of epoxide rings is 2. The van der Waals surface area contributed by atoms with Gasteiger partial charge in [0.05, 0.1) is 24.2 Å². The van der Waals surface area contributed by atoms with Crippen LogP contribution in [-0.2, 0) is 42.8 Å². The molecule has 0 radical (unpaired) electrons. The first-order chi connectivity index (χ1) is 22.3. The van der Waals surface area contributed by atoms with Gasteiger partial charge in [-0.25, -0.2) is 4.79 Å². The van der Waals surface area contributed by atoms with Crippen LogP contribution in [0.15, 0.2) is 23.3 Å². The second kappa shape index (κ2) is 11.5. The number of hydrogen-bond acceptors (Lipinski definition) is 10. The molecule has 260 valence electrons. The van der Waals surface area contributed by atoms with E-state index < -0.39 is 58.9 Å². The number of aliphatic hydroxyl groups is 1. The molecule has 3 heterocycles. The van der Waals surface area contributed by atoms with Gasteiger partial charge in [-0.1, -0.05) is 38.8 Å². The van der Waals surface area contributed by atoms with Crippen molar-refractivity contribution in [2.24, 2.45) is 45.8 Å². The number of allylic oxidation sites excluding steroid dienone is 1. The Morgan fingerprint density at radius 3 is 2.40 bits per heavy atom. The van der Waals surface area contributed by atoms with Gasteiger partial charge in [0, 0.05) is 18.1 Å². The van der Waals surface area contributed by atoms with E-state index in [-0.39, 0.29) is 54.7 Å². The van der Waals surface area contributed by atoms with Crippen LogP contribution in [0, 0.1) is 45.8 Å². The molecule has 0 amide bonds. The molecule has 0 aromatic rings. The number of carboxylic acid groups (broad SMARTS) is 1. The summed E-state index contributed by atoms with van der Waals surface area (Å²) in [5.41, 5.74) is -2.17. The number of carboxylic acids is 1. The van der Waals surface area contributed by atoms with E-state index in [0.29, 0.717) is 24.3 Å². The molecule has 3 saturated carbocycles. The highest BCUT2D eigenvalue weighted by atomic mass is 16.7. The summed E-state index contributed by atoms with van der Waals surface area (Å²) in [6.45, 7) is 11.6. The summed E-state index contributed by atoms with van der Waals surface area (Å²) in [7, 11) is 1.46. The van der Waals surface area contributed by atoms with Crippen LogP contribution in [0.5, 0.6) is 0 Å². The number of carbonyl (C=O) groups is 3. The average Bonchev–Trinajstić information content (AvgIpc) is 3.88. The summed E-state index contributed by atoms with van der Waals surface area (Å²) < 4.78 is 35.3. The summed E-state index contributed by atoms with van der Waals surface area (Å²) in [4.78, 5) is 40.3. The maximum Gasteiger partial charge on any atom is 0.333 e. The van der Waals surface area contributed by atoms with Crippen LogP contribution in [0.3, 0.4) is 0 Å². The Labute approximate surface area is 276 Å². The zero-order valence-electron chi connectivity index (χ0n) is 28.4. The monoisotopic (exact) mass is 658 g/mol. The van der Waals surface area contributed by atoms with Crippen LogP contribution in [0.4, 0.5) is 0 Å². The number of aldehydes is 1. The van der Waals surface area contributed by atoms with E-state index in [4.69, 9.17) is 28.4 Å². The lowest BCUT2D eigenvalue weighted by Crippen LogP contribution is -2.64. The quantitative estimate of drug-likeness (QED) is 0.110. The van der Waals surface area contributed by atoms with Crippen LogP contribution in [0.1, 0.15) is 67.2 Å². The number of hydrogen-bond donors (Lipinski definition) is 2. The highest BCUT2D eigenvalue weighted by molar-refractivity contribution is 5.90. The molecule has 11 nitrogen and oxygen atoms in total. The maximum atomic E-state index is 13.8. The van der Waals surface area contributed by atoms with Crippen molar-refractivity contribution < 1.29 is 53.0 Å².